The van der Waals surface area contributed by atoms with Crippen LogP contribution in [0.1, 0.15) is 75.3 Å². The van der Waals surface area contributed by atoms with E-state index in [9.17, 15) is 28.8 Å². The molecule has 0 atom stereocenters. The van der Waals surface area contributed by atoms with Crippen molar-refractivity contribution in [3.8, 4) is 0 Å². The lowest BCUT2D eigenvalue weighted by Gasteiger charge is -2.28. The number of carbonyl (C=O) groups excluding carboxylic acids is 6. The van der Waals surface area contributed by atoms with Gasteiger partial charge in [0.05, 0.1) is 0 Å². The minimum absolute atomic E-state index is 0.126. The van der Waals surface area contributed by atoms with E-state index in [0.717, 1.165) is 11.1 Å². The number of carbonyl (C=O) groups is 6. The van der Waals surface area contributed by atoms with Gasteiger partial charge in [0, 0.05) is 38.5 Å². The Hall–Kier alpha value is -2.76. The molecule has 2 fully saturated rings. The molecule has 3 rings (SSSR count). The van der Waals surface area contributed by atoms with E-state index in [1.807, 2.05) is 18.2 Å². The van der Waals surface area contributed by atoms with Crippen LogP contribution in [0, 0.1) is 11.8 Å². The summed E-state index contributed by atoms with van der Waals surface area (Å²) in [6.07, 6.45) is 0.825. The lowest BCUT2D eigenvalue weighted by atomic mass is 9.72. The summed E-state index contributed by atoms with van der Waals surface area (Å²) in [7, 11) is 0. The minimum Gasteiger partial charge on any atom is -0.298 e. The van der Waals surface area contributed by atoms with Gasteiger partial charge < -0.3 is 0 Å². The third kappa shape index (κ3) is 4.23. The second-order valence-corrected chi connectivity index (χ2v) is 8.25. The quantitative estimate of drug-likeness (QED) is 0.668. The molecule has 0 aromatic heterocycles. The molecule has 1 aromatic rings. The van der Waals surface area contributed by atoms with Crippen molar-refractivity contribution in [2.24, 2.45) is 11.8 Å². The normalized spacial score (nSPS) is 27.3. The van der Waals surface area contributed by atoms with Gasteiger partial charge >= 0.3 is 0 Å². The molecule has 0 bridgehead atoms. The molecule has 0 heterocycles. The molecule has 0 radical (unpaired) electrons. The molecule has 0 aliphatic heterocycles. The van der Waals surface area contributed by atoms with Gasteiger partial charge in [-0.05, 0) is 23.0 Å². The smallest absolute Gasteiger partial charge is 0.151 e. The van der Waals surface area contributed by atoms with E-state index in [-0.39, 0.29) is 85.1 Å². The van der Waals surface area contributed by atoms with Crippen LogP contribution in [0.5, 0.6) is 0 Å². The molecule has 1 aromatic carbocycles. The van der Waals surface area contributed by atoms with Gasteiger partial charge in [0.15, 0.2) is 34.7 Å². The van der Waals surface area contributed by atoms with Gasteiger partial charge in [0.1, 0.15) is 11.8 Å². The van der Waals surface area contributed by atoms with Gasteiger partial charge in [0.25, 0.3) is 0 Å². The minimum atomic E-state index is -1.13. The number of Topliss-reactive ketones (excluding diaryl/α,β-unsaturated/α-hetero) is 6. The Labute approximate surface area is 175 Å². The Morgan fingerprint density at radius 2 is 1.03 bits per heavy atom. The van der Waals surface area contributed by atoms with Crippen LogP contribution in [0.15, 0.2) is 24.3 Å². The summed E-state index contributed by atoms with van der Waals surface area (Å²) in [5, 5.41) is 0. The molecule has 0 spiro atoms. The molecule has 2 aliphatic rings. The highest BCUT2D eigenvalue weighted by Gasteiger charge is 2.41. The molecule has 0 amide bonds. The second kappa shape index (κ2) is 8.94. The first kappa shape index (κ1) is 21.9. The maximum atomic E-state index is 12.4. The van der Waals surface area contributed by atoms with Crippen molar-refractivity contribution in [2.45, 2.75) is 64.2 Å². The number of benzene rings is 1. The molecular weight excluding hydrogens is 384 g/mol. The van der Waals surface area contributed by atoms with E-state index >= 15 is 0 Å². The maximum absolute atomic E-state index is 12.4. The number of rotatable bonds is 6. The highest BCUT2D eigenvalue weighted by molar-refractivity contribution is 6.21. The average Bonchev–Trinajstić information content (AvgIpc) is 2.72. The van der Waals surface area contributed by atoms with Crippen LogP contribution in [0.3, 0.4) is 0 Å². The summed E-state index contributed by atoms with van der Waals surface area (Å²) in [5.74, 6) is -4.87. The SMILES string of the molecule is CCC(=O)C1C(=O)CC(c2cccc(C3CC(=O)C(C(=O)CC)C(=O)C3)c2)CC1=O. The van der Waals surface area contributed by atoms with Gasteiger partial charge in [0.2, 0.25) is 0 Å². The summed E-state index contributed by atoms with van der Waals surface area (Å²) in [4.78, 5) is 73.5. The zero-order valence-electron chi connectivity index (χ0n) is 17.3. The van der Waals surface area contributed by atoms with Crippen LogP contribution in [0.4, 0.5) is 0 Å². The molecular formula is C24H26O6. The Morgan fingerprint density at radius 1 is 0.700 bits per heavy atom. The summed E-state index contributed by atoms with van der Waals surface area (Å²) in [6, 6.07) is 7.29. The van der Waals surface area contributed by atoms with E-state index in [1.54, 1.807) is 19.9 Å². The molecule has 0 saturated heterocycles. The molecule has 2 aliphatic carbocycles. The average molecular weight is 410 g/mol. The monoisotopic (exact) mass is 410 g/mol. The largest absolute Gasteiger partial charge is 0.298 e. The topological polar surface area (TPSA) is 102 Å². The fourth-order valence-corrected chi connectivity index (χ4v) is 4.61. The number of hydrogen-bond donors (Lipinski definition) is 0. The first-order chi connectivity index (χ1) is 14.3. The van der Waals surface area contributed by atoms with Crippen LogP contribution in [0.2, 0.25) is 0 Å². The Balaban J connectivity index is 1.78. The summed E-state index contributed by atoms with van der Waals surface area (Å²) in [6.45, 7) is 3.29. The molecule has 0 N–H and O–H groups in total. The summed E-state index contributed by atoms with van der Waals surface area (Å²) >= 11 is 0. The van der Waals surface area contributed by atoms with Crippen molar-refractivity contribution in [3.63, 3.8) is 0 Å². The highest BCUT2D eigenvalue weighted by Crippen LogP contribution is 2.37. The molecule has 30 heavy (non-hydrogen) atoms. The van der Waals surface area contributed by atoms with Crippen molar-refractivity contribution in [1.82, 2.24) is 0 Å². The van der Waals surface area contributed by atoms with Crippen molar-refractivity contribution >= 4 is 34.7 Å². The van der Waals surface area contributed by atoms with Gasteiger partial charge in [-0.2, -0.15) is 0 Å². The zero-order valence-corrected chi connectivity index (χ0v) is 17.3. The van der Waals surface area contributed by atoms with Gasteiger partial charge in [-0.25, -0.2) is 0 Å². The van der Waals surface area contributed by atoms with E-state index in [4.69, 9.17) is 0 Å². The standard InChI is InChI=1S/C24H26O6/c1-3-17(25)23-19(27)9-15(10-20(23)28)13-6-5-7-14(8-13)16-11-21(29)24(18(26)4-2)22(30)12-16/h5-8,15-16,23-24H,3-4,9-12H2,1-2H3. The van der Waals surface area contributed by atoms with Crippen LogP contribution in [-0.2, 0) is 28.8 Å². The Kier molecular flexibility index (Phi) is 6.54. The Morgan fingerprint density at radius 3 is 1.33 bits per heavy atom. The van der Waals surface area contributed by atoms with Gasteiger partial charge in [-0.15, -0.1) is 0 Å². The fourth-order valence-electron chi connectivity index (χ4n) is 4.61. The lowest BCUT2D eigenvalue weighted by Crippen LogP contribution is -2.38. The zero-order chi connectivity index (χ0) is 22.0. The third-order valence-corrected chi connectivity index (χ3v) is 6.27. The highest BCUT2D eigenvalue weighted by atomic mass is 16.2. The van der Waals surface area contributed by atoms with Crippen molar-refractivity contribution in [3.05, 3.63) is 35.4 Å². The van der Waals surface area contributed by atoms with Crippen molar-refractivity contribution < 1.29 is 28.8 Å². The first-order valence-corrected chi connectivity index (χ1v) is 10.5. The van der Waals surface area contributed by atoms with Crippen LogP contribution in [0.25, 0.3) is 0 Å². The van der Waals surface area contributed by atoms with E-state index in [1.165, 1.54) is 0 Å². The lowest BCUT2D eigenvalue weighted by molar-refractivity contribution is -0.144. The maximum Gasteiger partial charge on any atom is 0.151 e. The fraction of sp³-hybridized carbons (Fsp3) is 0.500. The molecule has 6 heteroatoms. The van der Waals surface area contributed by atoms with Crippen molar-refractivity contribution in [1.29, 1.82) is 0 Å². The Bertz CT molecular complexity index is 820. The first-order valence-electron chi connectivity index (χ1n) is 10.5. The van der Waals surface area contributed by atoms with Gasteiger partial charge in [-0.1, -0.05) is 38.1 Å². The van der Waals surface area contributed by atoms with E-state index in [0.29, 0.717) is 0 Å². The third-order valence-electron chi connectivity index (χ3n) is 6.27. The van der Waals surface area contributed by atoms with Gasteiger partial charge in [-0.3, -0.25) is 28.8 Å². The molecule has 0 unspecified atom stereocenters. The second-order valence-electron chi connectivity index (χ2n) is 8.25. The van der Waals surface area contributed by atoms with Crippen molar-refractivity contribution in [2.75, 3.05) is 0 Å². The predicted octanol–water partition coefficient (Wildman–Crippen LogP) is 2.91. The van der Waals surface area contributed by atoms with E-state index < -0.39 is 11.8 Å². The molecule has 6 nitrogen and oxygen atoms in total. The summed E-state index contributed by atoms with van der Waals surface area (Å²) < 4.78 is 0. The van der Waals surface area contributed by atoms with Crippen LogP contribution in [-0.4, -0.2) is 34.7 Å². The number of hydrogen-bond acceptors (Lipinski definition) is 6. The summed E-state index contributed by atoms with van der Waals surface area (Å²) in [5.41, 5.74) is 1.59. The van der Waals surface area contributed by atoms with Crippen LogP contribution >= 0.6 is 0 Å². The number of ketones is 6. The predicted molar refractivity (Wildman–Crippen MR) is 108 cm³/mol. The van der Waals surface area contributed by atoms with E-state index in [2.05, 4.69) is 0 Å². The van der Waals surface area contributed by atoms with Crippen LogP contribution < -0.4 is 0 Å². The molecule has 158 valence electrons. The molecule has 2 saturated carbocycles.